The summed E-state index contributed by atoms with van der Waals surface area (Å²) in [6, 6.07) is 9.63. The van der Waals surface area contributed by atoms with Crippen LogP contribution in [0, 0.1) is 13.8 Å². The van der Waals surface area contributed by atoms with Crippen LogP contribution in [0.1, 0.15) is 40.0 Å². The third-order valence-corrected chi connectivity index (χ3v) is 8.43. The van der Waals surface area contributed by atoms with Gasteiger partial charge in [-0.25, -0.2) is 4.98 Å². The molecule has 1 atom stereocenters. The number of pyridine rings is 1. The van der Waals surface area contributed by atoms with Gasteiger partial charge in [-0.1, -0.05) is 17.7 Å². The van der Waals surface area contributed by atoms with E-state index >= 15 is 0 Å². The van der Waals surface area contributed by atoms with Crippen LogP contribution in [0.3, 0.4) is 0 Å². The van der Waals surface area contributed by atoms with Crippen molar-refractivity contribution in [3.05, 3.63) is 80.1 Å². The number of ether oxygens (including phenoxy) is 1. The quantitative estimate of drug-likeness (QED) is 0.101. The van der Waals surface area contributed by atoms with Crippen LogP contribution in [0.25, 0.3) is 22.2 Å². The zero-order valence-corrected chi connectivity index (χ0v) is 25.8. The molecule has 3 heterocycles. The van der Waals surface area contributed by atoms with E-state index in [2.05, 4.69) is 14.5 Å². The van der Waals surface area contributed by atoms with E-state index in [1.807, 2.05) is 24.8 Å². The number of nitrogens with one attached hydrogen (secondary N) is 1. The first-order valence-electron chi connectivity index (χ1n) is 13.6. The Morgan fingerprint density at radius 2 is 1.82 bits per heavy atom. The van der Waals surface area contributed by atoms with Gasteiger partial charge in [0.15, 0.2) is 17.5 Å². The fraction of sp³-hybridized carbons (Fsp3) is 0.300. The highest BCUT2D eigenvalue weighted by Gasteiger charge is 2.48. The highest BCUT2D eigenvalue weighted by atomic mass is 35.5. The van der Waals surface area contributed by atoms with Gasteiger partial charge in [-0.3, -0.25) is 9.59 Å². The maximum Gasteiger partial charge on any atom is 0.534 e. The van der Waals surface area contributed by atoms with Crippen molar-refractivity contribution in [3.63, 3.8) is 0 Å². The third-order valence-electron chi connectivity index (χ3n) is 7.26. The van der Waals surface area contributed by atoms with Crippen molar-refractivity contribution in [2.45, 2.75) is 32.3 Å². The van der Waals surface area contributed by atoms with Crippen LogP contribution in [0.15, 0.2) is 51.7 Å². The number of carbonyl (C=O) groups excluding carboxylic acids is 1. The maximum atomic E-state index is 13.5. The van der Waals surface area contributed by atoms with Crippen molar-refractivity contribution < 1.29 is 39.7 Å². The van der Waals surface area contributed by atoms with Gasteiger partial charge in [-0.05, 0) is 62.7 Å². The van der Waals surface area contributed by atoms with Crippen molar-refractivity contribution >= 4 is 50.5 Å². The molecule has 238 valence electrons. The highest BCUT2D eigenvalue weighted by molar-refractivity contribution is 7.88. The van der Waals surface area contributed by atoms with Crippen LogP contribution in [0.2, 0.25) is 5.15 Å². The van der Waals surface area contributed by atoms with Gasteiger partial charge < -0.3 is 23.6 Å². The molecular weight excluding hydrogens is 639 g/mol. The summed E-state index contributed by atoms with van der Waals surface area (Å²) in [6.45, 7) is 7.58. The summed E-state index contributed by atoms with van der Waals surface area (Å²) in [4.78, 5) is 31.5. The number of nitrogens with zero attached hydrogens (tertiary/aromatic N) is 2. The fourth-order valence-corrected chi connectivity index (χ4v) is 5.69. The molecule has 10 nitrogen and oxygen atoms in total. The van der Waals surface area contributed by atoms with E-state index in [4.69, 9.17) is 20.8 Å². The number of aromatic nitrogens is 1. The first-order valence-corrected chi connectivity index (χ1v) is 15.4. The molecule has 2 aromatic heterocycles. The van der Waals surface area contributed by atoms with Gasteiger partial charge in [0.25, 0.3) is 0 Å². The molecule has 0 amide bonds. The molecule has 1 aliphatic rings. The highest BCUT2D eigenvalue weighted by Crippen LogP contribution is 2.37. The number of morpholine rings is 1. The zero-order valence-electron chi connectivity index (χ0n) is 24.2. The van der Waals surface area contributed by atoms with E-state index in [1.54, 1.807) is 19.1 Å². The zero-order chi connectivity index (χ0) is 32.7. The van der Waals surface area contributed by atoms with Crippen LogP contribution < -0.4 is 19.8 Å². The molecule has 0 saturated carbocycles. The monoisotopic (exact) mass is 665 g/mol. The lowest BCUT2D eigenvalue weighted by Crippen LogP contribution is -2.37. The number of aryl methyl sites for hydroxylation is 1. The molecule has 0 bridgehead atoms. The summed E-state index contributed by atoms with van der Waals surface area (Å²) in [5, 5.41) is 3.83. The van der Waals surface area contributed by atoms with E-state index in [9.17, 15) is 31.2 Å². The van der Waals surface area contributed by atoms with Crippen LogP contribution >= 0.6 is 11.6 Å². The third kappa shape index (κ3) is 6.49. The predicted molar refractivity (Wildman–Crippen MR) is 163 cm³/mol. The van der Waals surface area contributed by atoms with Crippen LogP contribution in [0.5, 0.6) is 5.75 Å². The second-order valence-corrected chi connectivity index (χ2v) is 12.4. The smallest absolute Gasteiger partial charge is 0.440 e. The molecule has 45 heavy (non-hydrogen) atoms. The van der Waals surface area contributed by atoms with Crippen molar-refractivity contribution in [2.24, 2.45) is 0 Å². The number of alkyl halides is 3. The van der Waals surface area contributed by atoms with Crippen LogP contribution in [-0.2, 0) is 14.9 Å². The molecule has 15 heteroatoms. The van der Waals surface area contributed by atoms with Crippen molar-refractivity contribution in [1.82, 2.24) is 4.98 Å². The first-order chi connectivity index (χ1) is 21.2. The van der Waals surface area contributed by atoms with E-state index in [1.165, 1.54) is 12.1 Å². The Hall–Kier alpha value is -4.14. The molecular formula is C30H27ClF3N3O7S. The molecule has 1 fully saturated rings. The van der Waals surface area contributed by atoms with Crippen molar-refractivity contribution in [3.8, 4) is 17.0 Å². The van der Waals surface area contributed by atoms with Crippen LogP contribution in [-0.4, -0.2) is 51.5 Å². The SMILES string of the molecule is Cc1cc(C(C)Nc2ccc(Cl)nc2-c2ccc(OS(=O)(=O)C(F)(F)F)c(C=O)c2)c2oc(N3CCOCC3)c(C)c(=O)c2c1. The van der Waals surface area contributed by atoms with Crippen molar-refractivity contribution in [1.29, 1.82) is 0 Å². The van der Waals surface area contributed by atoms with Gasteiger partial charge in [-0.2, -0.15) is 21.6 Å². The lowest BCUT2D eigenvalue weighted by atomic mass is 9.99. The average molecular weight is 666 g/mol. The number of rotatable bonds is 8. The number of anilines is 2. The lowest BCUT2D eigenvalue weighted by Gasteiger charge is -2.29. The van der Waals surface area contributed by atoms with Gasteiger partial charge in [0.1, 0.15) is 10.7 Å². The summed E-state index contributed by atoms with van der Waals surface area (Å²) in [7, 11) is -6.01. The maximum absolute atomic E-state index is 13.5. The number of halogens is 4. The summed E-state index contributed by atoms with van der Waals surface area (Å²) in [5.74, 6) is -0.332. The standard InChI is InChI=1S/C30H27ClF3N3O7S/c1-16-12-21(28-22(13-16)27(39)17(2)29(43-28)37-8-10-42-11-9-37)18(3)35-23-5-7-25(31)36-26(23)19-4-6-24(20(14-19)15-38)44-45(40,41)30(32,33)34/h4-7,12-15,18,35H,8-11H2,1-3H3. The molecule has 0 spiro atoms. The van der Waals surface area contributed by atoms with E-state index in [-0.39, 0.29) is 28.1 Å². The van der Waals surface area contributed by atoms with Crippen molar-refractivity contribution in [2.75, 3.05) is 36.5 Å². The predicted octanol–water partition coefficient (Wildman–Crippen LogP) is 6.18. The van der Waals surface area contributed by atoms with Crippen LogP contribution in [0.4, 0.5) is 24.7 Å². The molecule has 2 aromatic carbocycles. The molecule has 0 aliphatic carbocycles. The Morgan fingerprint density at radius 1 is 1.11 bits per heavy atom. The minimum absolute atomic E-state index is 0.0773. The summed E-state index contributed by atoms with van der Waals surface area (Å²) in [6.07, 6.45) is 0.167. The molecule has 1 aliphatic heterocycles. The number of benzene rings is 2. The Kier molecular flexibility index (Phi) is 8.84. The summed E-state index contributed by atoms with van der Waals surface area (Å²) >= 11 is 6.18. The number of fused-ring (bicyclic) bond motifs is 1. The fourth-order valence-electron chi connectivity index (χ4n) is 5.06. The summed E-state index contributed by atoms with van der Waals surface area (Å²) < 4.78 is 77.7. The largest absolute Gasteiger partial charge is 0.534 e. The average Bonchev–Trinajstić information content (AvgIpc) is 2.99. The molecule has 1 saturated heterocycles. The topological polar surface area (TPSA) is 128 Å². The van der Waals surface area contributed by atoms with E-state index in [0.29, 0.717) is 60.0 Å². The molecule has 0 radical (unpaired) electrons. The van der Waals surface area contributed by atoms with E-state index < -0.39 is 33.0 Å². The minimum atomic E-state index is -6.01. The Morgan fingerprint density at radius 3 is 2.49 bits per heavy atom. The number of hydrogen-bond donors (Lipinski definition) is 1. The van der Waals surface area contributed by atoms with E-state index in [0.717, 1.165) is 17.7 Å². The lowest BCUT2D eigenvalue weighted by molar-refractivity contribution is -0.0500. The second-order valence-electron chi connectivity index (χ2n) is 10.4. The molecule has 1 unspecified atom stereocenters. The second kappa shape index (κ2) is 12.3. The first kappa shape index (κ1) is 32.3. The number of hydrogen-bond acceptors (Lipinski definition) is 10. The van der Waals surface area contributed by atoms with Gasteiger partial charge in [0.2, 0.25) is 5.88 Å². The molecule has 1 N–H and O–H groups in total. The van der Waals surface area contributed by atoms with Gasteiger partial charge >= 0.3 is 15.6 Å². The summed E-state index contributed by atoms with van der Waals surface area (Å²) in [5.41, 5.74) is -3.05. The minimum Gasteiger partial charge on any atom is -0.440 e. The Labute approximate surface area is 260 Å². The van der Waals surface area contributed by atoms with Gasteiger partial charge in [-0.15, -0.1) is 0 Å². The molecule has 5 rings (SSSR count). The molecule has 4 aromatic rings. The Bertz CT molecular complexity index is 1960. The normalized spacial score (nSPS) is 14.8. The van der Waals surface area contributed by atoms with Gasteiger partial charge in [0.05, 0.1) is 47.2 Å². The number of aldehydes is 1. The Balaban J connectivity index is 1.55. The van der Waals surface area contributed by atoms with Gasteiger partial charge in [0, 0.05) is 24.2 Å². The number of carbonyl (C=O) groups is 1.